The number of rotatable bonds is 5. The van der Waals surface area contributed by atoms with E-state index < -0.39 is 17.4 Å². The lowest BCUT2D eigenvalue weighted by molar-refractivity contribution is -0.174. The summed E-state index contributed by atoms with van der Waals surface area (Å²) in [5.41, 5.74) is -0.203. The summed E-state index contributed by atoms with van der Waals surface area (Å²) in [6.07, 6.45) is 3.07. The molecule has 0 aromatic carbocycles. The van der Waals surface area contributed by atoms with Crippen molar-refractivity contribution in [2.75, 3.05) is 13.2 Å². The topological polar surface area (TPSA) is 52.6 Å². The molecule has 19 heavy (non-hydrogen) atoms. The number of esters is 2. The predicted octanol–water partition coefficient (Wildman–Crippen LogP) is 2.64. The highest BCUT2D eigenvalue weighted by Crippen LogP contribution is 2.44. The fourth-order valence-electron chi connectivity index (χ4n) is 2.42. The van der Waals surface area contributed by atoms with Gasteiger partial charge in [0, 0.05) is 0 Å². The van der Waals surface area contributed by atoms with E-state index >= 15 is 0 Å². The first kappa shape index (κ1) is 15.5. The highest BCUT2D eigenvalue weighted by atomic mass is 16.6. The normalized spacial score (nSPS) is 21.6. The van der Waals surface area contributed by atoms with Crippen molar-refractivity contribution in [3.8, 4) is 0 Å². The maximum Gasteiger partial charge on any atom is 0.323 e. The highest BCUT2D eigenvalue weighted by Gasteiger charge is 2.51. The summed E-state index contributed by atoms with van der Waals surface area (Å²) in [4.78, 5) is 24.4. The van der Waals surface area contributed by atoms with E-state index in [-0.39, 0.29) is 19.1 Å². The second-order valence-corrected chi connectivity index (χ2v) is 4.73. The van der Waals surface area contributed by atoms with E-state index in [1.807, 2.05) is 0 Å². The van der Waals surface area contributed by atoms with Crippen molar-refractivity contribution in [1.29, 1.82) is 0 Å². The molecule has 1 unspecified atom stereocenters. The van der Waals surface area contributed by atoms with Crippen LogP contribution in [0.3, 0.4) is 0 Å². The van der Waals surface area contributed by atoms with E-state index in [4.69, 9.17) is 9.47 Å². The van der Waals surface area contributed by atoms with Crippen molar-refractivity contribution in [2.45, 2.75) is 33.1 Å². The lowest BCUT2D eigenvalue weighted by atomic mass is 9.67. The average molecular weight is 266 g/mol. The Morgan fingerprint density at radius 1 is 1.32 bits per heavy atom. The zero-order valence-electron chi connectivity index (χ0n) is 11.7. The molecule has 0 saturated heterocycles. The Kier molecular flexibility index (Phi) is 5.33. The van der Waals surface area contributed by atoms with Gasteiger partial charge in [0.1, 0.15) is 0 Å². The average Bonchev–Trinajstić information content (AvgIpc) is 2.40. The zero-order chi connectivity index (χ0) is 14.5. The Labute approximate surface area is 114 Å². The van der Waals surface area contributed by atoms with Crippen molar-refractivity contribution >= 4 is 11.9 Å². The second kappa shape index (κ2) is 6.55. The van der Waals surface area contributed by atoms with E-state index in [9.17, 15) is 9.59 Å². The van der Waals surface area contributed by atoms with Gasteiger partial charge in [0.05, 0.1) is 13.2 Å². The van der Waals surface area contributed by atoms with Gasteiger partial charge >= 0.3 is 11.9 Å². The monoisotopic (exact) mass is 266 g/mol. The molecule has 1 aliphatic carbocycles. The molecule has 1 atom stereocenters. The van der Waals surface area contributed by atoms with Crippen LogP contribution in [0.5, 0.6) is 0 Å². The first-order valence-electron chi connectivity index (χ1n) is 6.66. The van der Waals surface area contributed by atoms with E-state index in [1.165, 1.54) is 0 Å². The zero-order valence-corrected chi connectivity index (χ0v) is 11.7. The smallest absolute Gasteiger partial charge is 0.323 e. The van der Waals surface area contributed by atoms with Gasteiger partial charge in [0.2, 0.25) is 0 Å². The number of hydrogen-bond acceptors (Lipinski definition) is 4. The van der Waals surface area contributed by atoms with Crippen LogP contribution in [-0.2, 0) is 19.1 Å². The summed E-state index contributed by atoms with van der Waals surface area (Å²) in [7, 11) is 0. The van der Waals surface area contributed by atoms with Crippen molar-refractivity contribution in [3.05, 3.63) is 24.8 Å². The minimum Gasteiger partial charge on any atom is -0.465 e. The standard InChI is InChI=1S/C15H22O4/c1-5-12-10-15(9-8-11(12)4,13(16)18-6-2)14(17)19-7-3/h5,12H,1,4,6-10H2,2-3H3. The van der Waals surface area contributed by atoms with E-state index in [0.717, 1.165) is 5.57 Å². The fraction of sp³-hybridized carbons (Fsp3) is 0.600. The maximum atomic E-state index is 12.2. The van der Waals surface area contributed by atoms with Crippen LogP contribution in [0.1, 0.15) is 33.1 Å². The Bertz CT molecular complexity index is 366. The van der Waals surface area contributed by atoms with E-state index in [0.29, 0.717) is 19.3 Å². The quantitative estimate of drug-likeness (QED) is 0.436. The van der Waals surface area contributed by atoms with Crippen LogP contribution in [0, 0.1) is 11.3 Å². The predicted molar refractivity (Wildman–Crippen MR) is 72.4 cm³/mol. The minimum absolute atomic E-state index is 0.0532. The molecule has 0 radical (unpaired) electrons. The van der Waals surface area contributed by atoms with Crippen LogP contribution >= 0.6 is 0 Å². The SMILES string of the molecule is C=CC1CC(C(=O)OCC)(C(=O)OCC)CCC1=C. The van der Waals surface area contributed by atoms with Gasteiger partial charge in [-0.15, -0.1) is 6.58 Å². The molecule has 0 bridgehead atoms. The number of carbonyl (C=O) groups is 2. The summed E-state index contributed by atoms with van der Waals surface area (Å²) < 4.78 is 10.2. The third-order valence-corrected chi connectivity index (χ3v) is 3.58. The summed E-state index contributed by atoms with van der Waals surface area (Å²) in [6, 6.07) is 0. The molecule has 0 aromatic rings. The van der Waals surface area contributed by atoms with Crippen LogP contribution < -0.4 is 0 Å². The Morgan fingerprint density at radius 2 is 1.84 bits per heavy atom. The Hall–Kier alpha value is -1.58. The van der Waals surface area contributed by atoms with Gasteiger partial charge in [0.15, 0.2) is 5.41 Å². The van der Waals surface area contributed by atoms with Gasteiger partial charge in [-0.1, -0.05) is 18.2 Å². The molecule has 1 rings (SSSR count). The van der Waals surface area contributed by atoms with Crippen molar-refractivity contribution < 1.29 is 19.1 Å². The molecule has 0 aliphatic heterocycles. The Balaban J connectivity index is 3.05. The van der Waals surface area contributed by atoms with Gasteiger partial charge in [-0.3, -0.25) is 9.59 Å². The van der Waals surface area contributed by atoms with Crippen molar-refractivity contribution in [3.63, 3.8) is 0 Å². The highest BCUT2D eigenvalue weighted by molar-refractivity contribution is 6.00. The summed E-state index contributed by atoms with van der Waals surface area (Å²) in [5, 5.41) is 0. The van der Waals surface area contributed by atoms with Crippen molar-refractivity contribution in [2.24, 2.45) is 11.3 Å². The van der Waals surface area contributed by atoms with Crippen LogP contribution in [-0.4, -0.2) is 25.2 Å². The van der Waals surface area contributed by atoms with Gasteiger partial charge in [0.25, 0.3) is 0 Å². The van der Waals surface area contributed by atoms with Crippen LogP contribution in [0.4, 0.5) is 0 Å². The third kappa shape index (κ3) is 3.06. The Morgan fingerprint density at radius 3 is 2.26 bits per heavy atom. The molecule has 0 aromatic heterocycles. The van der Waals surface area contributed by atoms with Crippen molar-refractivity contribution in [1.82, 2.24) is 0 Å². The lowest BCUT2D eigenvalue weighted by Gasteiger charge is -2.36. The first-order valence-corrected chi connectivity index (χ1v) is 6.66. The molecule has 1 aliphatic rings. The molecular formula is C15H22O4. The number of allylic oxidation sites excluding steroid dienone is 2. The second-order valence-electron chi connectivity index (χ2n) is 4.73. The lowest BCUT2D eigenvalue weighted by Crippen LogP contribution is -2.45. The number of carbonyl (C=O) groups excluding carboxylic acids is 2. The molecule has 1 fully saturated rings. The van der Waals surface area contributed by atoms with Crippen LogP contribution in [0.15, 0.2) is 24.8 Å². The van der Waals surface area contributed by atoms with E-state index in [2.05, 4.69) is 13.2 Å². The van der Waals surface area contributed by atoms with Crippen LogP contribution in [0.2, 0.25) is 0 Å². The molecule has 0 heterocycles. The minimum atomic E-state index is -1.20. The van der Waals surface area contributed by atoms with Crippen LogP contribution in [0.25, 0.3) is 0 Å². The number of hydrogen-bond donors (Lipinski definition) is 0. The maximum absolute atomic E-state index is 12.2. The molecule has 1 saturated carbocycles. The van der Waals surface area contributed by atoms with E-state index in [1.54, 1.807) is 19.9 Å². The molecular weight excluding hydrogens is 244 g/mol. The molecule has 4 heteroatoms. The first-order chi connectivity index (χ1) is 9.01. The molecule has 0 amide bonds. The molecule has 0 spiro atoms. The van der Waals surface area contributed by atoms with Gasteiger partial charge in [-0.05, 0) is 39.0 Å². The van der Waals surface area contributed by atoms with Gasteiger partial charge < -0.3 is 9.47 Å². The summed E-state index contributed by atoms with van der Waals surface area (Å²) in [6.45, 7) is 11.7. The van der Waals surface area contributed by atoms with Gasteiger partial charge in [-0.25, -0.2) is 0 Å². The van der Waals surface area contributed by atoms with Gasteiger partial charge in [-0.2, -0.15) is 0 Å². The molecule has 0 N–H and O–H groups in total. The third-order valence-electron chi connectivity index (χ3n) is 3.58. The molecule has 4 nitrogen and oxygen atoms in total. The summed E-state index contributed by atoms with van der Waals surface area (Å²) in [5.74, 6) is -1.04. The largest absolute Gasteiger partial charge is 0.465 e. The summed E-state index contributed by atoms with van der Waals surface area (Å²) >= 11 is 0. The fourth-order valence-corrected chi connectivity index (χ4v) is 2.42. The molecule has 106 valence electrons. The number of ether oxygens (including phenoxy) is 2.